The summed E-state index contributed by atoms with van der Waals surface area (Å²) >= 11 is 2.10. The SMILES string of the molecule is CCCNC1CCCCCCC1SC(C)CCO. The van der Waals surface area contributed by atoms with Gasteiger partial charge in [0.2, 0.25) is 0 Å². The molecule has 0 radical (unpaired) electrons. The lowest BCUT2D eigenvalue weighted by molar-refractivity contribution is 0.288. The average Bonchev–Trinajstić information content (AvgIpc) is 2.32. The molecule has 0 aromatic carbocycles. The number of thioether (sulfide) groups is 1. The molecule has 18 heavy (non-hydrogen) atoms. The molecule has 1 saturated carbocycles. The minimum atomic E-state index is 0.327. The largest absolute Gasteiger partial charge is 0.396 e. The van der Waals surface area contributed by atoms with Gasteiger partial charge in [-0.2, -0.15) is 11.8 Å². The molecule has 0 saturated heterocycles. The highest BCUT2D eigenvalue weighted by molar-refractivity contribution is 8.00. The Morgan fingerprint density at radius 2 is 1.94 bits per heavy atom. The highest BCUT2D eigenvalue weighted by Gasteiger charge is 2.24. The van der Waals surface area contributed by atoms with Gasteiger partial charge in [0, 0.05) is 23.1 Å². The van der Waals surface area contributed by atoms with Crippen molar-refractivity contribution in [3.8, 4) is 0 Å². The van der Waals surface area contributed by atoms with Crippen LogP contribution in [-0.2, 0) is 0 Å². The van der Waals surface area contributed by atoms with E-state index in [0.717, 1.165) is 18.2 Å². The second kappa shape index (κ2) is 10.1. The molecule has 3 unspecified atom stereocenters. The molecule has 1 rings (SSSR count). The Hall–Kier alpha value is 0.270. The maximum absolute atomic E-state index is 9.05. The van der Waals surface area contributed by atoms with Gasteiger partial charge in [0.15, 0.2) is 0 Å². The molecule has 0 heterocycles. The maximum Gasteiger partial charge on any atom is 0.0441 e. The summed E-state index contributed by atoms with van der Waals surface area (Å²) in [5, 5.41) is 14.1. The zero-order chi connectivity index (χ0) is 13.2. The van der Waals surface area contributed by atoms with Crippen LogP contribution in [0.3, 0.4) is 0 Å². The lowest BCUT2D eigenvalue weighted by atomic mass is 9.96. The van der Waals surface area contributed by atoms with Crippen LogP contribution in [0.4, 0.5) is 0 Å². The van der Waals surface area contributed by atoms with Crippen molar-refractivity contribution in [2.45, 2.75) is 81.8 Å². The first-order valence-corrected chi connectivity index (χ1v) is 8.72. The van der Waals surface area contributed by atoms with Gasteiger partial charge < -0.3 is 10.4 Å². The zero-order valence-corrected chi connectivity index (χ0v) is 13.0. The fourth-order valence-electron chi connectivity index (χ4n) is 2.72. The van der Waals surface area contributed by atoms with E-state index in [9.17, 15) is 0 Å². The van der Waals surface area contributed by atoms with Gasteiger partial charge >= 0.3 is 0 Å². The number of aliphatic hydroxyl groups excluding tert-OH is 1. The molecular formula is C15H31NOS. The number of rotatable bonds is 7. The van der Waals surface area contributed by atoms with Gasteiger partial charge in [-0.25, -0.2) is 0 Å². The van der Waals surface area contributed by atoms with Gasteiger partial charge in [0.05, 0.1) is 0 Å². The van der Waals surface area contributed by atoms with Crippen LogP contribution in [0, 0.1) is 0 Å². The molecule has 0 spiro atoms. The molecule has 1 aliphatic rings. The molecule has 2 N–H and O–H groups in total. The molecule has 0 aromatic rings. The van der Waals surface area contributed by atoms with E-state index in [-0.39, 0.29) is 0 Å². The summed E-state index contributed by atoms with van der Waals surface area (Å²) in [6.45, 7) is 5.98. The molecule has 0 bridgehead atoms. The van der Waals surface area contributed by atoms with E-state index in [1.54, 1.807) is 0 Å². The van der Waals surface area contributed by atoms with Gasteiger partial charge in [0.25, 0.3) is 0 Å². The summed E-state index contributed by atoms with van der Waals surface area (Å²) in [6.07, 6.45) is 10.4. The number of aliphatic hydroxyl groups is 1. The second-order valence-corrected chi connectivity index (χ2v) is 7.23. The average molecular weight is 273 g/mol. The summed E-state index contributed by atoms with van der Waals surface area (Å²) in [5.74, 6) is 0. The van der Waals surface area contributed by atoms with E-state index in [2.05, 4.69) is 30.9 Å². The molecule has 3 heteroatoms. The van der Waals surface area contributed by atoms with Crippen molar-refractivity contribution in [2.75, 3.05) is 13.2 Å². The fourth-order valence-corrected chi connectivity index (χ4v) is 4.29. The van der Waals surface area contributed by atoms with Crippen molar-refractivity contribution in [2.24, 2.45) is 0 Å². The van der Waals surface area contributed by atoms with Gasteiger partial charge in [-0.05, 0) is 32.2 Å². The van der Waals surface area contributed by atoms with E-state index in [4.69, 9.17) is 5.11 Å². The first kappa shape index (κ1) is 16.3. The normalized spacial score (nSPS) is 27.5. The first-order valence-electron chi connectivity index (χ1n) is 7.77. The molecule has 3 atom stereocenters. The highest BCUT2D eigenvalue weighted by Crippen LogP contribution is 2.31. The van der Waals surface area contributed by atoms with E-state index in [0.29, 0.717) is 17.9 Å². The zero-order valence-electron chi connectivity index (χ0n) is 12.2. The molecule has 1 fully saturated rings. The maximum atomic E-state index is 9.05. The van der Waals surface area contributed by atoms with Crippen LogP contribution in [0.5, 0.6) is 0 Å². The monoisotopic (exact) mass is 273 g/mol. The first-order chi connectivity index (χ1) is 8.77. The Labute approximate surface area is 117 Å². The summed E-state index contributed by atoms with van der Waals surface area (Å²) in [6, 6.07) is 0.691. The quantitative estimate of drug-likeness (QED) is 0.743. The Morgan fingerprint density at radius 3 is 2.61 bits per heavy atom. The molecule has 0 aromatic heterocycles. The van der Waals surface area contributed by atoms with Crippen LogP contribution in [-0.4, -0.2) is 34.8 Å². The minimum Gasteiger partial charge on any atom is -0.396 e. The molecule has 0 aliphatic heterocycles. The van der Waals surface area contributed by atoms with Crippen molar-refractivity contribution in [1.82, 2.24) is 5.32 Å². The van der Waals surface area contributed by atoms with Gasteiger partial charge in [-0.1, -0.05) is 39.5 Å². The van der Waals surface area contributed by atoms with Crippen LogP contribution in [0.15, 0.2) is 0 Å². The summed E-state index contributed by atoms with van der Waals surface area (Å²) in [7, 11) is 0. The van der Waals surface area contributed by atoms with Gasteiger partial charge in [0.1, 0.15) is 0 Å². The molecule has 0 amide bonds. The van der Waals surface area contributed by atoms with E-state index >= 15 is 0 Å². The third kappa shape index (κ3) is 6.44. The predicted molar refractivity (Wildman–Crippen MR) is 82.3 cm³/mol. The van der Waals surface area contributed by atoms with Crippen molar-refractivity contribution < 1.29 is 5.11 Å². The van der Waals surface area contributed by atoms with Crippen LogP contribution in [0.25, 0.3) is 0 Å². The Kier molecular flexibility index (Phi) is 9.16. The number of nitrogens with one attached hydrogen (secondary N) is 1. The summed E-state index contributed by atoms with van der Waals surface area (Å²) < 4.78 is 0. The van der Waals surface area contributed by atoms with Crippen molar-refractivity contribution >= 4 is 11.8 Å². The van der Waals surface area contributed by atoms with E-state index in [1.165, 1.54) is 44.9 Å². The summed E-state index contributed by atoms with van der Waals surface area (Å²) in [5.41, 5.74) is 0. The third-order valence-electron chi connectivity index (χ3n) is 3.80. The van der Waals surface area contributed by atoms with E-state index in [1.807, 2.05) is 0 Å². The topological polar surface area (TPSA) is 32.3 Å². The minimum absolute atomic E-state index is 0.327. The number of hydrogen-bond donors (Lipinski definition) is 2. The Bertz CT molecular complexity index is 199. The van der Waals surface area contributed by atoms with Crippen LogP contribution in [0.2, 0.25) is 0 Å². The van der Waals surface area contributed by atoms with Gasteiger partial charge in [-0.3, -0.25) is 0 Å². The molecule has 2 nitrogen and oxygen atoms in total. The van der Waals surface area contributed by atoms with Crippen LogP contribution >= 0.6 is 11.8 Å². The Morgan fingerprint density at radius 1 is 1.22 bits per heavy atom. The Balaban J connectivity index is 2.47. The van der Waals surface area contributed by atoms with Crippen molar-refractivity contribution in [3.63, 3.8) is 0 Å². The lowest BCUT2D eigenvalue weighted by Crippen LogP contribution is -2.40. The smallest absolute Gasteiger partial charge is 0.0441 e. The molecule has 108 valence electrons. The van der Waals surface area contributed by atoms with Crippen LogP contribution in [0.1, 0.15) is 65.2 Å². The second-order valence-electron chi connectivity index (χ2n) is 5.55. The molecule has 1 aliphatic carbocycles. The highest BCUT2D eigenvalue weighted by atomic mass is 32.2. The fraction of sp³-hybridized carbons (Fsp3) is 1.00. The number of hydrogen-bond acceptors (Lipinski definition) is 3. The lowest BCUT2D eigenvalue weighted by Gasteiger charge is -2.31. The molecular weight excluding hydrogens is 242 g/mol. The van der Waals surface area contributed by atoms with E-state index < -0.39 is 0 Å². The van der Waals surface area contributed by atoms with Gasteiger partial charge in [-0.15, -0.1) is 0 Å². The third-order valence-corrected chi connectivity index (χ3v) is 5.42. The predicted octanol–water partition coefficient (Wildman–Crippen LogP) is 3.58. The standard InChI is InChI=1S/C15H31NOS/c1-3-11-16-14-8-6-4-5-7-9-15(14)18-13(2)10-12-17/h13-17H,3-12H2,1-2H3. The summed E-state index contributed by atoms with van der Waals surface area (Å²) in [4.78, 5) is 0. The van der Waals surface area contributed by atoms with Crippen molar-refractivity contribution in [1.29, 1.82) is 0 Å². The van der Waals surface area contributed by atoms with Crippen molar-refractivity contribution in [3.05, 3.63) is 0 Å². The van der Waals surface area contributed by atoms with Crippen LogP contribution < -0.4 is 5.32 Å².